The van der Waals surface area contributed by atoms with E-state index in [1.165, 1.54) is 18.6 Å². The van der Waals surface area contributed by atoms with Crippen LogP contribution in [0.15, 0.2) is 24.3 Å². The lowest BCUT2D eigenvalue weighted by Gasteiger charge is -2.39. The molecule has 1 fully saturated rings. The molecule has 1 aromatic carbocycles. The SMILES string of the molecule is Cc1[nH]c(C2(CN)CCC2)nc1-c1ccc(F)cc1. The van der Waals surface area contributed by atoms with Gasteiger partial charge in [0.15, 0.2) is 0 Å². The van der Waals surface area contributed by atoms with Gasteiger partial charge in [-0.25, -0.2) is 9.37 Å². The number of benzene rings is 1. The Hall–Kier alpha value is -1.68. The third-order valence-corrected chi connectivity index (χ3v) is 4.21. The van der Waals surface area contributed by atoms with E-state index < -0.39 is 0 Å². The van der Waals surface area contributed by atoms with Crippen molar-refractivity contribution < 1.29 is 4.39 Å². The van der Waals surface area contributed by atoms with Crippen molar-refractivity contribution in [2.75, 3.05) is 6.54 Å². The minimum absolute atomic E-state index is 0.0308. The summed E-state index contributed by atoms with van der Waals surface area (Å²) in [6.45, 7) is 2.63. The second-order valence-electron chi connectivity index (χ2n) is 5.40. The molecule has 0 radical (unpaired) electrons. The molecule has 0 aliphatic heterocycles. The number of nitrogens with one attached hydrogen (secondary N) is 1. The summed E-state index contributed by atoms with van der Waals surface area (Å²) in [4.78, 5) is 8.08. The van der Waals surface area contributed by atoms with E-state index in [9.17, 15) is 4.39 Å². The van der Waals surface area contributed by atoms with Crippen LogP contribution in [0.5, 0.6) is 0 Å². The summed E-state index contributed by atoms with van der Waals surface area (Å²) in [5.74, 6) is 0.757. The number of rotatable bonds is 3. The number of aryl methyl sites for hydroxylation is 1. The average molecular weight is 259 g/mol. The summed E-state index contributed by atoms with van der Waals surface area (Å²) < 4.78 is 13.0. The zero-order valence-corrected chi connectivity index (χ0v) is 11.0. The lowest BCUT2D eigenvalue weighted by atomic mass is 9.68. The first kappa shape index (κ1) is 12.4. The van der Waals surface area contributed by atoms with Crippen LogP contribution in [-0.2, 0) is 5.41 Å². The van der Waals surface area contributed by atoms with E-state index in [1.54, 1.807) is 12.1 Å². The monoisotopic (exact) mass is 259 g/mol. The number of H-pyrrole nitrogens is 1. The Balaban J connectivity index is 2.00. The number of hydrogen-bond acceptors (Lipinski definition) is 2. The van der Waals surface area contributed by atoms with Crippen molar-refractivity contribution in [3.05, 3.63) is 41.6 Å². The number of imidazole rings is 1. The van der Waals surface area contributed by atoms with Crippen molar-refractivity contribution >= 4 is 0 Å². The zero-order chi connectivity index (χ0) is 13.5. The highest BCUT2D eigenvalue weighted by Gasteiger charge is 2.40. The van der Waals surface area contributed by atoms with Crippen molar-refractivity contribution in [3.63, 3.8) is 0 Å². The van der Waals surface area contributed by atoms with E-state index in [0.29, 0.717) is 6.54 Å². The molecule has 1 heterocycles. The quantitative estimate of drug-likeness (QED) is 0.890. The van der Waals surface area contributed by atoms with Crippen LogP contribution < -0.4 is 5.73 Å². The van der Waals surface area contributed by atoms with Gasteiger partial charge >= 0.3 is 0 Å². The number of aromatic nitrogens is 2. The van der Waals surface area contributed by atoms with Gasteiger partial charge < -0.3 is 10.7 Å². The van der Waals surface area contributed by atoms with Gasteiger partial charge in [0.25, 0.3) is 0 Å². The zero-order valence-electron chi connectivity index (χ0n) is 11.0. The van der Waals surface area contributed by atoms with Crippen molar-refractivity contribution in [2.45, 2.75) is 31.6 Å². The molecule has 1 saturated carbocycles. The molecule has 19 heavy (non-hydrogen) atoms. The summed E-state index contributed by atoms with van der Waals surface area (Å²) in [6, 6.07) is 6.45. The van der Waals surface area contributed by atoms with Gasteiger partial charge in [0.05, 0.1) is 5.69 Å². The fourth-order valence-electron chi connectivity index (χ4n) is 2.74. The molecule has 1 aliphatic rings. The van der Waals surface area contributed by atoms with Crippen LogP contribution in [-0.4, -0.2) is 16.5 Å². The molecule has 3 rings (SSSR count). The topological polar surface area (TPSA) is 54.7 Å². The van der Waals surface area contributed by atoms with Gasteiger partial charge in [0, 0.05) is 23.2 Å². The first-order chi connectivity index (χ1) is 9.14. The summed E-state index contributed by atoms with van der Waals surface area (Å²) in [7, 11) is 0. The summed E-state index contributed by atoms with van der Waals surface area (Å²) in [6.07, 6.45) is 3.40. The third kappa shape index (κ3) is 1.96. The predicted octanol–water partition coefficient (Wildman–Crippen LogP) is 2.90. The largest absolute Gasteiger partial charge is 0.345 e. The van der Waals surface area contributed by atoms with E-state index in [1.807, 2.05) is 6.92 Å². The summed E-state index contributed by atoms with van der Waals surface area (Å²) in [5.41, 5.74) is 8.79. The first-order valence-corrected chi connectivity index (χ1v) is 6.68. The van der Waals surface area contributed by atoms with Crippen LogP contribution in [0.4, 0.5) is 4.39 Å². The molecule has 1 aliphatic carbocycles. The minimum Gasteiger partial charge on any atom is -0.345 e. The van der Waals surface area contributed by atoms with Crippen LogP contribution in [0.1, 0.15) is 30.8 Å². The molecule has 100 valence electrons. The Bertz CT molecular complexity index is 576. The molecule has 0 spiro atoms. The molecule has 3 nitrogen and oxygen atoms in total. The molecule has 2 aromatic rings. The molecular formula is C15H18FN3. The predicted molar refractivity (Wildman–Crippen MR) is 73.3 cm³/mol. The molecule has 0 bridgehead atoms. The maximum Gasteiger partial charge on any atom is 0.123 e. The van der Waals surface area contributed by atoms with Gasteiger partial charge in [-0.3, -0.25) is 0 Å². The minimum atomic E-state index is -0.227. The number of hydrogen-bond donors (Lipinski definition) is 2. The van der Waals surface area contributed by atoms with Crippen LogP contribution in [0.25, 0.3) is 11.3 Å². The highest BCUT2D eigenvalue weighted by atomic mass is 19.1. The fourth-order valence-corrected chi connectivity index (χ4v) is 2.74. The van der Waals surface area contributed by atoms with Gasteiger partial charge in [0.2, 0.25) is 0 Å². The Morgan fingerprint density at radius 3 is 2.53 bits per heavy atom. The fraction of sp³-hybridized carbons (Fsp3) is 0.400. The number of nitrogens with zero attached hydrogens (tertiary/aromatic N) is 1. The van der Waals surface area contributed by atoms with E-state index >= 15 is 0 Å². The highest BCUT2D eigenvalue weighted by molar-refractivity contribution is 5.62. The normalized spacial score (nSPS) is 17.2. The highest BCUT2D eigenvalue weighted by Crippen LogP contribution is 2.42. The van der Waals surface area contributed by atoms with E-state index in [0.717, 1.165) is 35.6 Å². The molecule has 0 saturated heterocycles. The Labute approximate surface area is 112 Å². The molecule has 0 unspecified atom stereocenters. The maximum atomic E-state index is 13.0. The number of halogens is 1. The lowest BCUT2D eigenvalue weighted by molar-refractivity contribution is 0.239. The third-order valence-electron chi connectivity index (χ3n) is 4.21. The van der Waals surface area contributed by atoms with E-state index in [-0.39, 0.29) is 11.2 Å². The van der Waals surface area contributed by atoms with Gasteiger partial charge in [-0.05, 0) is 44.0 Å². The summed E-state index contributed by atoms with van der Waals surface area (Å²) >= 11 is 0. The second kappa shape index (κ2) is 4.46. The maximum absolute atomic E-state index is 13.0. The standard InChI is InChI=1S/C15H18FN3/c1-10-13(11-3-5-12(16)6-4-11)19-14(18-10)15(9-17)7-2-8-15/h3-6H,2,7-9,17H2,1H3,(H,18,19). The Kier molecular flexibility index (Phi) is 2.90. The number of nitrogens with two attached hydrogens (primary N) is 1. The van der Waals surface area contributed by atoms with Gasteiger partial charge in [-0.1, -0.05) is 6.42 Å². The van der Waals surface area contributed by atoms with Crippen LogP contribution >= 0.6 is 0 Å². The average Bonchev–Trinajstić information content (AvgIpc) is 2.72. The first-order valence-electron chi connectivity index (χ1n) is 6.68. The van der Waals surface area contributed by atoms with Crippen molar-refractivity contribution in [1.29, 1.82) is 0 Å². The van der Waals surface area contributed by atoms with E-state index in [2.05, 4.69) is 4.98 Å². The molecule has 1 aromatic heterocycles. The second-order valence-corrected chi connectivity index (χ2v) is 5.40. The Morgan fingerprint density at radius 1 is 1.32 bits per heavy atom. The number of aromatic amines is 1. The van der Waals surface area contributed by atoms with Crippen LogP contribution in [0.2, 0.25) is 0 Å². The molecular weight excluding hydrogens is 241 g/mol. The van der Waals surface area contributed by atoms with Gasteiger partial charge in [0.1, 0.15) is 11.6 Å². The van der Waals surface area contributed by atoms with E-state index in [4.69, 9.17) is 10.7 Å². The summed E-state index contributed by atoms with van der Waals surface area (Å²) in [5, 5.41) is 0. The molecule has 0 amide bonds. The van der Waals surface area contributed by atoms with Crippen molar-refractivity contribution in [2.24, 2.45) is 5.73 Å². The Morgan fingerprint density at radius 2 is 2.00 bits per heavy atom. The van der Waals surface area contributed by atoms with Gasteiger partial charge in [-0.2, -0.15) is 0 Å². The lowest BCUT2D eigenvalue weighted by Crippen LogP contribution is -2.42. The van der Waals surface area contributed by atoms with Gasteiger partial charge in [-0.15, -0.1) is 0 Å². The molecule has 0 atom stereocenters. The van der Waals surface area contributed by atoms with Crippen LogP contribution in [0, 0.1) is 12.7 Å². The van der Waals surface area contributed by atoms with Crippen molar-refractivity contribution in [1.82, 2.24) is 9.97 Å². The molecule has 3 N–H and O–H groups in total. The van der Waals surface area contributed by atoms with Crippen molar-refractivity contribution in [3.8, 4) is 11.3 Å². The molecule has 4 heteroatoms. The smallest absolute Gasteiger partial charge is 0.123 e. The van der Waals surface area contributed by atoms with Crippen LogP contribution in [0.3, 0.4) is 0 Å².